The smallest absolute Gasteiger partial charge is 0.242 e. The summed E-state index contributed by atoms with van der Waals surface area (Å²) in [5.41, 5.74) is 1.76. The molecule has 1 aliphatic rings. The molecule has 1 aliphatic heterocycles. The van der Waals surface area contributed by atoms with E-state index in [1.165, 1.54) is 0 Å². The summed E-state index contributed by atoms with van der Waals surface area (Å²) < 4.78 is 1.73. The second kappa shape index (κ2) is 4.88. The van der Waals surface area contributed by atoms with Gasteiger partial charge in [-0.1, -0.05) is 6.92 Å². The van der Waals surface area contributed by atoms with E-state index in [1.54, 1.807) is 16.4 Å². The van der Waals surface area contributed by atoms with Crippen molar-refractivity contribution in [3.8, 4) is 0 Å². The fourth-order valence-corrected chi connectivity index (χ4v) is 2.63. The minimum absolute atomic E-state index is 0.0349. The number of nitrogens with one attached hydrogen (secondary N) is 2. The predicted octanol–water partition coefficient (Wildman–Crippen LogP) is 0.584. The van der Waals surface area contributed by atoms with Crippen LogP contribution >= 0.6 is 11.8 Å². The lowest BCUT2D eigenvalue weighted by Gasteiger charge is -2.09. The highest BCUT2D eigenvalue weighted by Crippen LogP contribution is 2.16. The van der Waals surface area contributed by atoms with E-state index in [-0.39, 0.29) is 11.9 Å². The molecule has 1 aromatic heterocycles. The molecule has 0 saturated carbocycles. The van der Waals surface area contributed by atoms with E-state index in [2.05, 4.69) is 15.7 Å². The van der Waals surface area contributed by atoms with Crippen LogP contribution in [-0.2, 0) is 18.3 Å². The Morgan fingerprint density at radius 3 is 3.25 bits per heavy atom. The van der Waals surface area contributed by atoms with Crippen LogP contribution in [0, 0.1) is 0 Å². The number of anilines is 1. The highest BCUT2D eigenvalue weighted by atomic mass is 32.2. The third-order valence-electron chi connectivity index (χ3n) is 2.53. The van der Waals surface area contributed by atoms with Crippen molar-refractivity contribution >= 4 is 23.4 Å². The Labute approximate surface area is 99.0 Å². The zero-order valence-corrected chi connectivity index (χ0v) is 10.3. The molecule has 0 radical (unpaired) electrons. The van der Waals surface area contributed by atoms with Gasteiger partial charge in [-0.3, -0.25) is 14.8 Å². The molecule has 1 atom stereocenters. The molecule has 0 spiro atoms. The molecule has 16 heavy (non-hydrogen) atoms. The first-order valence-corrected chi connectivity index (χ1v) is 6.50. The molecule has 6 heteroatoms. The first-order valence-electron chi connectivity index (χ1n) is 5.35. The minimum atomic E-state index is -0.0742. The van der Waals surface area contributed by atoms with Crippen molar-refractivity contribution in [3.05, 3.63) is 11.9 Å². The maximum Gasteiger partial charge on any atom is 0.242 e. The van der Waals surface area contributed by atoms with E-state index in [4.69, 9.17) is 0 Å². The normalized spacial score (nSPS) is 20.0. The monoisotopic (exact) mass is 240 g/mol. The first kappa shape index (κ1) is 11.5. The Morgan fingerprint density at radius 2 is 2.62 bits per heavy atom. The summed E-state index contributed by atoms with van der Waals surface area (Å²) in [6, 6.07) is -0.0742. The molecule has 1 aromatic rings. The van der Waals surface area contributed by atoms with Crippen LogP contribution < -0.4 is 10.6 Å². The van der Waals surface area contributed by atoms with Gasteiger partial charge in [0.2, 0.25) is 5.91 Å². The SMILES string of the molecule is CCc1nn(C)cc1NC(=O)C1CSCN1. The third-order valence-corrected chi connectivity index (χ3v) is 3.47. The van der Waals surface area contributed by atoms with Crippen LogP contribution in [0.1, 0.15) is 12.6 Å². The van der Waals surface area contributed by atoms with Crippen LogP contribution in [-0.4, -0.2) is 33.4 Å². The van der Waals surface area contributed by atoms with Crippen LogP contribution in [0.2, 0.25) is 0 Å². The van der Waals surface area contributed by atoms with Crippen molar-refractivity contribution < 1.29 is 4.79 Å². The summed E-state index contributed by atoms with van der Waals surface area (Å²) in [5, 5.41) is 10.4. The molecule has 88 valence electrons. The number of aryl methyl sites for hydroxylation is 2. The largest absolute Gasteiger partial charge is 0.322 e. The summed E-state index contributed by atoms with van der Waals surface area (Å²) in [6.07, 6.45) is 2.67. The zero-order chi connectivity index (χ0) is 11.5. The van der Waals surface area contributed by atoms with E-state index >= 15 is 0 Å². The lowest BCUT2D eigenvalue weighted by Crippen LogP contribution is -2.37. The van der Waals surface area contributed by atoms with Crippen LogP contribution in [0.3, 0.4) is 0 Å². The van der Waals surface area contributed by atoms with Gasteiger partial charge in [0.1, 0.15) is 0 Å². The molecule has 2 heterocycles. The lowest BCUT2D eigenvalue weighted by molar-refractivity contribution is -0.117. The molecule has 1 fully saturated rings. The van der Waals surface area contributed by atoms with Gasteiger partial charge in [0, 0.05) is 24.9 Å². The molecule has 2 rings (SSSR count). The number of amides is 1. The number of hydrogen-bond donors (Lipinski definition) is 2. The molecule has 0 bridgehead atoms. The molecule has 1 unspecified atom stereocenters. The summed E-state index contributed by atoms with van der Waals surface area (Å²) in [6.45, 7) is 2.03. The van der Waals surface area contributed by atoms with Gasteiger partial charge in [-0.25, -0.2) is 0 Å². The quantitative estimate of drug-likeness (QED) is 0.811. The molecule has 1 amide bonds. The minimum Gasteiger partial charge on any atom is -0.322 e. The Bertz CT molecular complexity index is 384. The van der Waals surface area contributed by atoms with E-state index in [0.717, 1.165) is 29.4 Å². The summed E-state index contributed by atoms with van der Waals surface area (Å²) in [4.78, 5) is 11.9. The van der Waals surface area contributed by atoms with Crippen molar-refractivity contribution in [2.75, 3.05) is 16.9 Å². The van der Waals surface area contributed by atoms with E-state index < -0.39 is 0 Å². The molecule has 0 aliphatic carbocycles. The van der Waals surface area contributed by atoms with Gasteiger partial charge in [-0.2, -0.15) is 5.10 Å². The van der Waals surface area contributed by atoms with Gasteiger partial charge in [0.05, 0.1) is 17.4 Å². The maximum absolute atomic E-state index is 11.9. The Kier molecular flexibility index (Phi) is 3.50. The number of thioether (sulfide) groups is 1. The third kappa shape index (κ3) is 2.38. The van der Waals surface area contributed by atoms with E-state index in [0.29, 0.717) is 0 Å². The number of nitrogens with zero attached hydrogens (tertiary/aromatic N) is 2. The molecular formula is C10H16N4OS. The first-order chi connectivity index (χ1) is 7.70. The zero-order valence-electron chi connectivity index (χ0n) is 9.49. The number of carbonyl (C=O) groups is 1. The molecule has 1 saturated heterocycles. The average Bonchev–Trinajstić information content (AvgIpc) is 2.87. The summed E-state index contributed by atoms with van der Waals surface area (Å²) in [7, 11) is 1.86. The van der Waals surface area contributed by atoms with Crippen LogP contribution in [0.25, 0.3) is 0 Å². The van der Waals surface area contributed by atoms with Gasteiger partial charge in [0.15, 0.2) is 0 Å². The van der Waals surface area contributed by atoms with E-state index in [9.17, 15) is 4.79 Å². The van der Waals surface area contributed by atoms with Crippen molar-refractivity contribution in [3.63, 3.8) is 0 Å². The Balaban J connectivity index is 2.04. The van der Waals surface area contributed by atoms with Crippen LogP contribution in [0.5, 0.6) is 0 Å². The fourth-order valence-electron chi connectivity index (χ4n) is 1.68. The highest BCUT2D eigenvalue weighted by molar-refractivity contribution is 7.99. The average molecular weight is 240 g/mol. The highest BCUT2D eigenvalue weighted by Gasteiger charge is 2.23. The molecule has 2 N–H and O–H groups in total. The van der Waals surface area contributed by atoms with Crippen molar-refractivity contribution in [1.82, 2.24) is 15.1 Å². The van der Waals surface area contributed by atoms with Gasteiger partial charge in [-0.15, -0.1) is 11.8 Å². The predicted molar refractivity (Wildman–Crippen MR) is 65.5 cm³/mol. The van der Waals surface area contributed by atoms with Gasteiger partial charge < -0.3 is 5.32 Å². The fraction of sp³-hybridized carbons (Fsp3) is 0.600. The number of rotatable bonds is 3. The lowest BCUT2D eigenvalue weighted by atomic mass is 10.2. The number of hydrogen-bond acceptors (Lipinski definition) is 4. The Morgan fingerprint density at radius 1 is 1.81 bits per heavy atom. The maximum atomic E-state index is 11.9. The van der Waals surface area contributed by atoms with Crippen molar-refractivity contribution in [2.45, 2.75) is 19.4 Å². The summed E-state index contributed by atoms with van der Waals surface area (Å²) >= 11 is 1.74. The van der Waals surface area contributed by atoms with Crippen molar-refractivity contribution in [2.24, 2.45) is 7.05 Å². The second-order valence-electron chi connectivity index (χ2n) is 3.78. The van der Waals surface area contributed by atoms with Gasteiger partial charge in [0.25, 0.3) is 0 Å². The summed E-state index contributed by atoms with van der Waals surface area (Å²) in [5.74, 6) is 1.73. The van der Waals surface area contributed by atoms with Gasteiger partial charge >= 0.3 is 0 Å². The number of carbonyl (C=O) groups excluding carboxylic acids is 1. The molecule has 0 aromatic carbocycles. The van der Waals surface area contributed by atoms with E-state index in [1.807, 2.05) is 20.2 Å². The second-order valence-corrected chi connectivity index (χ2v) is 4.81. The molecular weight excluding hydrogens is 224 g/mol. The van der Waals surface area contributed by atoms with Crippen molar-refractivity contribution in [1.29, 1.82) is 0 Å². The molecule has 5 nitrogen and oxygen atoms in total. The van der Waals surface area contributed by atoms with Crippen LogP contribution in [0.4, 0.5) is 5.69 Å². The Hall–Kier alpha value is -1.01. The standard InChI is InChI=1S/C10H16N4OS/c1-3-7-8(4-14(2)13-7)12-10(15)9-5-16-6-11-9/h4,9,11H,3,5-6H2,1-2H3,(H,12,15). The van der Waals surface area contributed by atoms with Crippen LogP contribution in [0.15, 0.2) is 6.20 Å². The number of aromatic nitrogens is 2. The van der Waals surface area contributed by atoms with Gasteiger partial charge in [-0.05, 0) is 6.42 Å². The topological polar surface area (TPSA) is 59.0 Å².